The highest BCUT2D eigenvalue weighted by atomic mass is 16.2. The molecule has 1 aliphatic rings. The van der Waals surface area contributed by atoms with Crippen molar-refractivity contribution in [1.82, 2.24) is 16.0 Å². The molecule has 126 valence electrons. The number of benzene rings is 1. The summed E-state index contributed by atoms with van der Waals surface area (Å²) in [4.78, 5) is 24.2. The lowest BCUT2D eigenvalue weighted by Crippen LogP contribution is -2.35. The molecule has 0 aliphatic carbocycles. The SMILES string of the molecule is CC(C)NC(=O)Nc1ccccc1C(=O)NCCC1CCNC1. The Labute approximate surface area is 137 Å². The lowest BCUT2D eigenvalue weighted by molar-refractivity contribution is 0.0952. The van der Waals surface area contributed by atoms with Crippen molar-refractivity contribution in [3.05, 3.63) is 29.8 Å². The third-order valence-corrected chi connectivity index (χ3v) is 3.84. The summed E-state index contributed by atoms with van der Waals surface area (Å²) >= 11 is 0. The molecule has 0 bridgehead atoms. The Bertz CT molecular complexity index is 539. The van der Waals surface area contributed by atoms with E-state index < -0.39 is 0 Å². The Morgan fingerprint density at radius 3 is 2.78 bits per heavy atom. The molecule has 6 heteroatoms. The Hall–Kier alpha value is -2.08. The van der Waals surface area contributed by atoms with Crippen LogP contribution in [-0.2, 0) is 0 Å². The smallest absolute Gasteiger partial charge is 0.319 e. The molecule has 1 heterocycles. The number of anilines is 1. The van der Waals surface area contributed by atoms with Gasteiger partial charge < -0.3 is 21.3 Å². The molecular weight excluding hydrogens is 292 g/mol. The van der Waals surface area contributed by atoms with Crippen LogP contribution in [0.25, 0.3) is 0 Å². The number of urea groups is 1. The minimum Gasteiger partial charge on any atom is -0.352 e. The molecule has 1 aromatic rings. The average Bonchev–Trinajstić information content (AvgIpc) is 3.00. The van der Waals surface area contributed by atoms with Crippen molar-refractivity contribution in [2.24, 2.45) is 5.92 Å². The Balaban J connectivity index is 1.89. The zero-order valence-corrected chi connectivity index (χ0v) is 13.8. The summed E-state index contributed by atoms with van der Waals surface area (Å²) in [6.45, 7) is 6.52. The van der Waals surface area contributed by atoms with Crippen molar-refractivity contribution in [1.29, 1.82) is 0 Å². The number of rotatable bonds is 6. The van der Waals surface area contributed by atoms with Gasteiger partial charge in [-0.1, -0.05) is 12.1 Å². The van der Waals surface area contributed by atoms with Crippen molar-refractivity contribution < 1.29 is 9.59 Å². The van der Waals surface area contributed by atoms with Gasteiger partial charge in [0.15, 0.2) is 0 Å². The number of carbonyl (C=O) groups excluding carboxylic acids is 2. The number of hydrogen-bond donors (Lipinski definition) is 4. The molecule has 0 aromatic heterocycles. The maximum atomic E-state index is 12.3. The van der Waals surface area contributed by atoms with Crippen LogP contribution in [-0.4, -0.2) is 37.6 Å². The first kappa shape index (κ1) is 17.3. The zero-order valence-electron chi connectivity index (χ0n) is 13.8. The van der Waals surface area contributed by atoms with Crippen LogP contribution in [0.15, 0.2) is 24.3 Å². The first-order valence-electron chi connectivity index (χ1n) is 8.21. The van der Waals surface area contributed by atoms with E-state index in [1.54, 1.807) is 24.3 Å². The van der Waals surface area contributed by atoms with Crippen LogP contribution in [0.5, 0.6) is 0 Å². The second kappa shape index (κ2) is 8.53. The fourth-order valence-corrected chi connectivity index (χ4v) is 2.66. The van der Waals surface area contributed by atoms with Gasteiger partial charge in [0.05, 0.1) is 11.3 Å². The molecule has 1 aliphatic heterocycles. The molecule has 0 saturated carbocycles. The third kappa shape index (κ3) is 5.56. The summed E-state index contributed by atoms with van der Waals surface area (Å²) < 4.78 is 0. The Morgan fingerprint density at radius 2 is 2.09 bits per heavy atom. The second-order valence-electron chi connectivity index (χ2n) is 6.20. The van der Waals surface area contributed by atoms with Gasteiger partial charge in [0, 0.05) is 12.6 Å². The molecular formula is C17H26N4O2. The van der Waals surface area contributed by atoms with Crippen LogP contribution in [0.3, 0.4) is 0 Å². The number of amides is 3. The summed E-state index contributed by atoms with van der Waals surface area (Å²) in [6.07, 6.45) is 2.14. The van der Waals surface area contributed by atoms with Gasteiger partial charge in [-0.3, -0.25) is 4.79 Å². The van der Waals surface area contributed by atoms with Crippen molar-refractivity contribution in [2.45, 2.75) is 32.7 Å². The van der Waals surface area contributed by atoms with Crippen molar-refractivity contribution in [3.8, 4) is 0 Å². The molecule has 1 saturated heterocycles. The fraction of sp³-hybridized carbons (Fsp3) is 0.529. The third-order valence-electron chi connectivity index (χ3n) is 3.84. The van der Waals surface area contributed by atoms with Crippen LogP contribution in [0.2, 0.25) is 0 Å². The molecule has 23 heavy (non-hydrogen) atoms. The molecule has 0 spiro atoms. The van der Waals surface area contributed by atoms with Crippen LogP contribution < -0.4 is 21.3 Å². The molecule has 1 aromatic carbocycles. The maximum absolute atomic E-state index is 12.3. The van der Waals surface area contributed by atoms with Gasteiger partial charge in [0.2, 0.25) is 0 Å². The molecule has 1 fully saturated rings. The lowest BCUT2D eigenvalue weighted by atomic mass is 10.1. The quantitative estimate of drug-likeness (QED) is 0.647. The maximum Gasteiger partial charge on any atom is 0.319 e. The van der Waals surface area contributed by atoms with Crippen molar-refractivity contribution in [2.75, 3.05) is 25.0 Å². The standard InChI is InChI=1S/C17H26N4O2/c1-12(2)20-17(23)21-15-6-4-3-5-14(15)16(22)19-10-8-13-7-9-18-11-13/h3-6,12-13,18H,7-11H2,1-2H3,(H,19,22)(H2,20,21,23). The minimum absolute atomic E-state index is 0.0380. The van der Waals surface area contributed by atoms with Gasteiger partial charge in [-0.25, -0.2) is 4.79 Å². The second-order valence-corrected chi connectivity index (χ2v) is 6.20. The summed E-state index contributed by atoms with van der Waals surface area (Å²) in [5.74, 6) is 0.483. The minimum atomic E-state index is -0.308. The first-order chi connectivity index (χ1) is 11.1. The number of nitrogens with one attached hydrogen (secondary N) is 4. The van der Waals surface area contributed by atoms with Gasteiger partial charge in [0.1, 0.15) is 0 Å². The Kier molecular flexibility index (Phi) is 6.40. The molecule has 4 N–H and O–H groups in total. The first-order valence-corrected chi connectivity index (χ1v) is 8.21. The summed E-state index contributed by atoms with van der Waals surface area (Å²) in [7, 11) is 0. The van der Waals surface area contributed by atoms with Gasteiger partial charge in [0.25, 0.3) is 5.91 Å². The van der Waals surface area contributed by atoms with Crippen LogP contribution in [0, 0.1) is 5.92 Å². The van der Waals surface area contributed by atoms with Gasteiger partial charge in [-0.05, 0) is 57.8 Å². The highest BCUT2D eigenvalue weighted by molar-refractivity contribution is 6.03. The lowest BCUT2D eigenvalue weighted by Gasteiger charge is -2.14. The van der Waals surface area contributed by atoms with Gasteiger partial charge in [-0.2, -0.15) is 0 Å². The average molecular weight is 318 g/mol. The number of hydrogen-bond acceptors (Lipinski definition) is 3. The summed E-state index contributed by atoms with van der Waals surface area (Å²) in [5, 5.41) is 11.7. The predicted molar refractivity (Wildman–Crippen MR) is 91.7 cm³/mol. The topological polar surface area (TPSA) is 82.3 Å². The van der Waals surface area contributed by atoms with E-state index in [0.717, 1.165) is 19.5 Å². The molecule has 0 radical (unpaired) electrons. The molecule has 2 rings (SSSR count). The van der Waals surface area contributed by atoms with Crippen LogP contribution in [0.1, 0.15) is 37.0 Å². The molecule has 6 nitrogen and oxygen atoms in total. The van der Waals surface area contributed by atoms with Gasteiger partial charge in [-0.15, -0.1) is 0 Å². The van der Waals surface area contributed by atoms with E-state index in [-0.39, 0.29) is 18.0 Å². The molecule has 1 atom stereocenters. The zero-order chi connectivity index (χ0) is 16.7. The van der Waals surface area contributed by atoms with E-state index in [1.165, 1.54) is 6.42 Å². The van der Waals surface area contributed by atoms with E-state index in [2.05, 4.69) is 21.3 Å². The van der Waals surface area contributed by atoms with E-state index in [9.17, 15) is 9.59 Å². The van der Waals surface area contributed by atoms with Crippen molar-refractivity contribution >= 4 is 17.6 Å². The highest BCUT2D eigenvalue weighted by Crippen LogP contribution is 2.15. The van der Waals surface area contributed by atoms with Crippen LogP contribution >= 0.6 is 0 Å². The van der Waals surface area contributed by atoms with Crippen molar-refractivity contribution in [3.63, 3.8) is 0 Å². The van der Waals surface area contributed by atoms with E-state index in [4.69, 9.17) is 0 Å². The normalized spacial score (nSPS) is 17.1. The highest BCUT2D eigenvalue weighted by Gasteiger charge is 2.16. The monoisotopic (exact) mass is 318 g/mol. The largest absolute Gasteiger partial charge is 0.352 e. The predicted octanol–water partition coefficient (Wildman–Crippen LogP) is 1.95. The summed E-state index contributed by atoms with van der Waals surface area (Å²) in [5.41, 5.74) is 1.00. The van der Waals surface area contributed by atoms with E-state index >= 15 is 0 Å². The number of para-hydroxylation sites is 1. The fourth-order valence-electron chi connectivity index (χ4n) is 2.66. The number of carbonyl (C=O) groups is 2. The molecule has 3 amide bonds. The van der Waals surface area contributed by atoms with Gasteiger partial charge >= 0.3 is 6.03 Å². The molecule has 1 unspecified atom stereocenters. The van der Waals surface area contributed by atoms with E-state index in [0.29, 0.717) is 23.7 Å². The summed E-state index contributed by atoms with van der Waals surface area (Å²) in [6, 6.07) is 6.77. The Morgan fingerprint density at radius 1 is 1.30 bits per heavy atom. The van der Waals surface area contributed by atoms with Crippen LogP contribution in [0.4, 0.5) is 10.5 Å². The van der Waals surface area contributed by atoms with E-state index in [1.807, 2.05) is 13.8 Å².